The fraction of sp³-hybridized carbons (Fsp3) is 0.500. The number of rotatable bonds is 1. The van der Waals surface area contributed by atoms with Gasteiger partial charge in [0.05, 0.1) is 5.69 Å². The number of nitrogens with two attached hydrogens (primary N) is 1. The van der Waals surface area contributed by atoms with Crippen molar-refractivity contribution in [2.75, 3.05) is 5.73 Å². The predicted octanol–water partition coefficient (Wildman–Crippen LogP) is 0.863. The number of nitrogen functional groups attached to an aromatic ring is 1. The summed E-state index contributed by atoms with van der Waals surface area (Å²) in [5.74, 6) is 0.518. The van der Waals surface area contributed by atoms with Crippen LogP contribution in [0.3, 0.4) is 0 Å². The van der Waals surface area contributed by atoms with Crippen LogP contribution in [0.1, 0.15) is 18.3 Å². The molecule has 50 valence electrons. The fourth-order valence-electron chi connectivity index (χ4n) is 0.866. The highest BCUT2D eigenvalue weighted by atomic mass is 15.0. The molecule has 0 aliphatic rings. The van der Waals surface area contributed by atoms with Gasteiger partial charge in [0, 0.05) is 5.69 Å². The van der Waals surface area contributed by atoms with E-state index in [9.17, 15) is 0 Å². The third kappa shape index (κ3) is 1.04. The normalized spacial score (nSPS) is 10.0. The lowest BCUT2D eigenvalue weighted by Gasteiger charge is -1.85. The van der Waals surface area contributed by atoms with E-state index in [1.165, 1.54) is 0 Å². The van der Waals surface area contributed by atoms with Gasteiger partial charge in [0.2, 0.25) is 0 Å². The molecule has 3 N–H and O–H groups in total. The maximum atomic E-state index is 5.39. The first-order valence-electron chi connectivity index (χ1n) is 3.05. The average Bonchev–Trinajstić information content (AvgIpc) is 2.10. The maximum absolute atomic E-state index is 5.39. The largest absolute Gasteiger partial charge is 0.369 e. The fourth-order valence-corrected chi connectivity index (χ4v) is 0.866. The predicted molar refractivity (Wildman–Crippen MR) is 37.1 cm³/mol. The molecule has 1 aromatic rings. The Balaban J connectivity index is 3.01. The highest BCUT2D eigenvalue weighted by molar-refractivity contribution is 5.24. The van der Waals surface area contributed by atoms with Crippen molar-refractivity contribution in [1.82, 2.24) is 9.97 Å². The molecule has 0 unspecified atom stereocenters. The Hall–Kier alpha value is -0.990. The first-order valence-corrected chi connectivity index (χ1v) is 3.05. The molecule has 0 amide bonds. The summed E-state index contributed by atoms with van der Waals surface area (Å²) in [5, 5.41) is 0. The van der Waals surface area contributed by atoms with Crippen LogP contribution in [0.25, 0.3) is 0 Å². The van der Waals surface area contributed by atoms with E-state index in [4.69, 9.17) is 5.73 Å². The van der Waals surface area contributed by atoms with Crippen molar-refractivity contribution < 1.29 is 0 Å². The van der Waals surface area contributed by atoms with Crippen LogP contribution in [0.15, 0.2) is 0 Å². The number of nitrogens with one attached hydrogen (secondary N) is 1. The van der Waals surface area contributed by atoms with Gasteiger partial charge in [0.25, 0.3) is 0 Å². The lowest BCUT2D eigenvalue weighted by molar-refractivity contribution is 1.04. The summed E-state index contributed by atoms with van der Waals surface area (Å²) in [6.45, 7) is 4.03. The van der Waals surface area contributed by atoms with E-state index in [1.54, 1.807) is 0 Å². The number of aromatic amines is 1. The van der Waals surface area contributed by atoms with Gasteiger partial charge in [-0.1, -0.05) is 6.92 Å². The third-order valence-corrected chi connectivity index (χ3v) is 1.34. The lowest BCUT2D eigenvalue weighted by atomic mass is 10.3. The topological polar surface area (TPSA) is 54.7 Å². The van der Waals surface area contributed by atoms with Crippen LogP contribution < -0.4 is 5.73 Å². The molecule has 0 radical (unpaired) electrons. The lowest BCUT2D eigenvalue weighted by Crippen LogP contribution is -1.85. The van der Waals surface area contributed by atoms with Crippen LogP contribution in [-0.2, 0) is 6.42 Å². The highest BCUT2D eigenvalue weighted by Crippen LogP contribution is 2.05. The minimum absolute atomic E-state index is 0.518. The molecule has 1 rings (SSSR count). The van der Waals surface area contributed by atoms with E-state index in [0.29, 0.717) is 5.95 Å². The van der Waals surface area contributed by atoms with E-state index in [2.05, 4.69) is 16.9 Å². The average molecular weight is 125 g/mol. The molecule has 3 heteroatoms. The summed E-state index contributed by atoms with van der Waals surface area (Å²) in [7, 11) is 0. The van der Waals surface area contributed by atoms with Crippen molar-refractivity contribution in [2.45, 2.75) is 20.3 Å². The Morgan fingerprint density at radius 3 is 2.56 bits per heavy atom. The van der Waals surface area contributed by atoms with Crippen LogP contribution >= 0.6 is 0 Å². The standard InChI is InChI=1S/C6H11N3/c1-3-5-4(2)8-6(7)9-5/h3H2,1-2H3,(H3,7,8,9). The second kappa shape index (κ2) is 2.09. The van der Waals surface area contributed by atoms with Crippen molar-refractivity contribution in [2.24, 2.45) is 0 Å². The Labute approximate surface area is 54.3 Å². The van der Waals surface area contributed by atoms with Crippen LogP contribution in [-0.4, -0.2) is 9.97 Å². The van der Waals surface area contributed by atoms with Gasteiger partial charge in [-0.15, -0.1) is 0 Å². The van der Waals surface area contributed by atoms with Crippen molar-refractivity contribution in [1.29, 1.82) is 0 Å². The molecule has 0 aliphatic heterocycles. The molecular formula is C6H11N3. The molecule has 3 nitrogen and oxygen atoms in total. The summed E-state index contributed by atoms with van der Waals surface area (Å²) >= 11 is 0. The molecule has 0 spiro atoms. The van der Waals surface area contributed by atoms with Gasteiger partial charge in [0.1, 0.15) is 0 Å². The summed E-state index contributed by atoms with van der Waals surface area (Å²) in [6.07, 6.45) is 0.944. The van der Waals surface area contributed by atoms with Gasteiger partial charge in [-0.25, -0.2) is 4.98 Å². The van der Waals surface area contributed by atoms with E-state index in [0.717, 1.165) is 17.8 Å². The number of nitrogens with zero attached hydrogens (tertiary/aromatic N) is 1. The third-order valence-electron chi connectivity index (χ3n) is 1.34. The summed E-state index contributed by atoms with van der Waals surface area (Å²) in [5.41, 5.74) is 7.53. The minimum Gasteiger partial charge on any atom is -0.369 e. The smallest absolute Gasteiger partial charge is 0.197 e. The molecule has 9 heavy (non-hydrogen) atoms. The zero-order chi connectivity index (χ0) is 6.85. The van der Waals surface area contributed by atoms with Crippen molar-refractivity contribution in [3.05, 3.63) is 11.4 Å². The van der Waals surface area contributed by atoms with E-state index >= 15 is 0 Å². The zero-order valence-electron chi connectivity index (χ0n) is 5.73. The molecule has 1 aromatic heterocycles. The van der Waals surface area contributed by atoms with Crippen LogP contribution in [0, 0.1) is 6.92 Å². The number of hydrogen-bond acceptors (Lipinski definition) is 2. The summed E-state index contributed by atoms with van der Waals surface area (Å²) in [4.78, 5) is 6.98. The van der Waals surface area contributed by atoms with Crippen LogP contribution in [0.5, 0.6) is 0 Å². The molecule has 0 atom stereocenters. The maximum Gasteiger partial charge on any atom is 0.197 e. The quantitative estimate of drug-likeness (QED) is 0.585. The molecule has 1 heterocycles. The second-order valence-corrected chi connectivity index (χ2v) is 2.05. The van der Waals surface area contributed by atoms with Gasteiger partial charge in [-0.3, -0.25) is 0 Å². The van der Waals surface area contributed by atoms with Crippen LogP contribution in [0.4, 0.5) is 5.95 Å². The van der Waals surface area contributed by atoms with Gasteiger partial charge in [-0.05, 0) is 13.3 Å². The minimum atomic E-state index is 0.518. The molecule has 0 bridgehead atoms. The summed E-state index contributed by atoms with van der Waals surface area (Å²) < 4.78 is 0. The van der Waals surface area contributed by atoms with Crippen molar-refractivity contribution >= 4 is 5.95 Å². The number of hydrogen-bond donors (Lipinski definition) is 2. The first kappa shape index (κ1) is 6.13. The van der Waals surface area contributed by atoms with Gasteiger partial charge in [-0.2, -0.15) is 0 Å². The number of H-pyrrole nitrogens is 1. The molecule has 0 aromatic carbocycles. The van der Waals surface area contributed by atoms with Gasteiger partial charge < -0.3 is 10.7 Å². The monoisotopic (exact) mass is 125 g/mol. The van der Waals surface area contributed by atoms with Crippen molar-refractivity contribution in [3.8, 4) is 0 Å². The van der Waals surface area contributed by atoms with E-state index < -0.39 is 0 Å². The van der Waals surface area contributed by atoms with E-state index in [1.807, 2.05) is 6.92 Å². The Bertz CT molecular complexity index is 202. The number of imidazole rings is 1. The highest BCUT2D eigenvalue weighted by Gasteiger charge is 1.98. The second-order valence-electron chi connectivity index (χ2n) is 2.05. The Kier molecular flexibility index (Phi) is 1.42. The number of aryl methyl sites for hydroxylation is 2. The van der Waals surface area contributed by atoms with Crippen molar-refractivity contribution in [3.63, 3.8) is 0 Å². The SMILES string of the molecule is CCc1nc(N)[nH]c1C. The molecule has 0 aliphatic carbocycles. The van der Waals surface area contributed by atoms with Gasteiger partial charge >= 0.3 is 0 Å². The van der Waals surface area contributed by atoms with E-state index in [-0.39, 0.29) is 0 Å². The Morgan fingerprint density at radius 1 is 1.67 bits per heavy atom. The first-order chi connectivity index (χ1) is 4.24. The van der Waals surface area contributed by atoms with Crippen LogP contribution in [0.2, 0.25) is 0 Å². The molecule has 0 saturated heterocycles. The Morgan fingerprint density at radius 2 is 2.33 bits per heavy atom. The van der Waals surface area contributed by atoms with Gasteiger partial charge in [0.15, 0.2) is 5.95 Å². The number of anilines is 1. The number of aromatic nitrogens is 2. The molecule has 0 saturated carbocycles. The zero-order valence-corrected chi connectivity index (χ0v) is 5.73. The molecule has 0 fully saturated rings. The summed E-state index contributed by atoms with van der Waals surface area (Å²) in [6, 6.07) is 0. The molecular weight excluding hydrogens is 114 g/mol.